The molecule has 0 aromatic carbocycles. The van der Waals surface area contributed by atoms with Gasteiger partial charge in [0.2, 0.25) is 0 Å². The predicted octanol–water partition coefficient (Wildman–Crippen LogP) is -3.18. The largest absolute Gasteiger partial charge is 0.394 e. The Balaban J connectivity index is 2.60. The Morgan fingerprint density at radius 2 is 1.77 bits per heavy atom. The van der Waals surface area contributed by atoms with Crippen LogP contribution in [0.4, 0.5) is 0 Å². The van der Waals surface area contributed by atoms with E-state index in [4.69, 9.17) is 20.1 Å². The SMILES string of the molecule is OCC1O[C@H]([C@H](O)CO)[C@@H](O)[C@@H]1O. The fourth-order valence-corrected chi connectivity index (χ4v) is 1.35. The lowest BCUT2D eigenvalue weighted by atomic mass is 10.0. The average molecular weight is 194 g/mol. The molecule has 1 aliphatic heterocycles. The highest BCUT2D eigenvalue weighted by Gasteiger charge is 2.45. The summed E-state index contributed by atoms with van der Waals surface area (Å²) in [5, 5.41) is 44.9. The Morgan fingerprint density at radius 1 is 1.15 bits per heavy atom. The van der Waals surface area contributed by atoms with E-state index < -0.39 is 43.7 Å². The van der Waals surface area contributed by atoms with E-state index in [0.29, 0.717) is 0 Å². The van der Waals surface area contributed by atoms with Crippen LogP contribution in [-0.2, 0) is 4.74 Å². The maximum atomic E-state index is 9.30. The molecule has 0 bridgehead atoms. The third kappa shape index (κ3) is 1.98. The van der Waals surface area contributed by atoms with Crippen molar-refractivity contribution in [3.63, 3.8) is 0 Å². The van der Waals surface area contributed by atoms with E-state index in [1.54, 1.807) is 0 Å². The molecule has 5 N–H and O–H groups in total. The van der Waals surface area contributed by atoms with Crippen LogP contribution in [0.15, 0.2) is 0 Å². The van der Waals surface area contributed by atoms with Crippen LogP contribution in [0.2, 0.25) is 0 Å². The van der Waals surface area contributed by atoms with E-state index in [0.717, 1.165) is 0 Å². The highest BCUT2D eigenvalue weighted by atomic mass is 16.6. The zero-order chi connectivity index (χ0) is 10.0. The van der Waals surface area contributed by atoms with Crippen molar-refractivity contribution in [1.82, 2.24) is 0 Å². The molecule has 0 aromatic rings. The summed E-state index contributed by atoms with van der Waals surface area (Å²) in [6.45, 7) is -1.00. The zero-order valence-corrected chi connectivity index (χ0v) is 6.95. The monoisotopic (exact) mass is 194 g/mol. The molecule has 13 heavy (non-hydrogen) atoms. The van der Waals surface area contributed by atoms with E-state index >= 15 is 0 Å². The van der Waals surface area contributed by atoms with Gasteiger partial charge >= 0.3 is 0 Å². The minimum absolute atomic E-state index is 0.438. The van der Waals surface area contributed by atoms with Crippen molar-refractivity contribution in [3.05, 3.63) is 0 Å². The first-order chi connectivity index (χ1) is 6.11. The third-order valence-electron chi connectivity index (χ3n) is 2.15. The first-order valence-corrected chi connectivity index (χ1v) is 4.03. The second kappa shape index (κ2) is 4.32. The van der Waals surface area contributed by atoms with Crippen LogP contribution in [-0.4, -0.2) is 69.3 Å². The van der Waals surface area contributed by atoms with Crippen LogP contribution in [0.3, 0.4) is 0 Å². The van der Waals surface area contributed by atoms with Crippen molar-refractivity contribution in [2.24, 2.45) is 0 Å². The lowest BCUT2D eigenvalue weighted by Crippen LogP contribution is -2.40. The molecule has 0 amide bonds. The predicted molar refractivity (Wildman–Crippen MR) is 40.9 cm³/mol. The van der Waals surface area contributed by atoms with Crippen molar-refractivity contribution in [3.8, 4) is 0 Å². The minimum atomic E-state index is -1.28. The van der Waals surface area contributed by atoms with E-state index in [1.165, 1.54) is 0 Å². The van der Waals surface area contributed by atoms with Gasteiger partial charge in [0.25, 0.3) is 0 Å². The molecule has 0 radical (unpaired) electrons. The van der Waals surface area contributed by atoms with Gasteiger partial charge < -0.3 is 30.3 Å². The van der Waals surface area contributed by atoms with Gasteiger partial charge in [-0.2, -0.15) is 0 Å². The van der Waals surface area contributed by atoms with Gasteiger partial charge in [-0.05, 0) is 0 Å². The van der Waals surface area contributed by atoms with Crippen LogP contribution in [0.5, 0.6) is 0 Å². The van der Waals surface area contributed by atoms with Crippen molar-refractivity contribution in [1.29, 1.82) is 0 Å². The van der Waals surface area contributed by atoms with Gasteiger partial charge in [-0.15, -0.1) is 0 Å². The number of aliphatic hydroxyl groups is 5. The van der Waals surface area contributed by atoms with Crippen LogP contribution in [0.1, 0.15) is 0 Å². The molecule has 5 atom stereocenters. The van der Waals surface area contributed by atoms with Gasteiger partial charge in [0.1, 0.15) is 30.5 Å². The van der Waals surface area contributed by atoms with E-state index in [9.17, 15) is 10.2 Å². The minimum Gasteiger partial charge on any atom is -0.394 e. The first kappa shape index (κ1) is 10.8. The second-order valence-corrected chi connectivity index (χ2v) is 3.05. The Morgan fingerprint density at radius 3 is 2.15 bits per heavy atom. The maximum absolute atomic E-state index is 9.30. The van der Waals surface area contributed by atoms with Crippen molar-refractivity contribution < 1.29 is 30.3 Å². The molecule has 1 rings (SSSR count). The molecule has 1 unspecified atom stereocenters. The smallest absolute Gasteiger partial charge is 0.115 e. The molecular formula is C7H14O6. The average Bonchev–Trinajstić information content (AvgIpc) is 2.43. The summed E-state index contributed by atoms with van der Waals surface area (Å²) in [6.07, 6.45) is -5.70. The Labute approximate surface area is 75.0 Å². The number of ether oxygens (including phenoxy) is 1. The highest BCUT2D eigenvalue weighted by Crippen LogP contribution is 2.23. The summed E-state index contributed by atoms with van der Waals surface area (Å²) >= 11 is 0. The normalized spacial score (nSPS) is 42.2. The Kier molecular flexibility index (Phi) is 3.60. The number of aliphatic hydroxyl groups excluding tert-OH is 5. The number of hydrogen-bond donors (Lipinski definition) is 5. The Bertz CT molecular complexity index is 163. The summed E-state index contributed by atoms with van der Waals surface area (Å²) in [6, 6.07) is 0. The van der Waals surface area contributed by atoms with Gasteiger partial charge in [0.15, 0.2) is 0 Å². The number of rotatable bonds is 3. The van der Waals surface area contributed by atoms with Crippen molar-refractivity contribution >= 4 is 0 Å². The van der Waals surface area contributed by atoms with E-state index in [2.05, 4.69) is 0 Å². The fraction of sp³-hybridized carbons (Fsp3) is 1.00. The van der Waals surface area contributed by atoms with Gasteiger partial charge in [-0.25, -0.2) is 0 Å². The van der Waals surface area contributed by atoms with Gasteiger partial charge in [-0.3, -0.25) is 0 Å². The molecule has 78 valence electrons. The summed E-state index contributed by atoms with van der Waals surface area (Å²) in [4.78, 5) is 0. The summed E-state index contributed by atoms with van der Waals surface area (Å²) < 4.78 is 4.93. The molecule has 0 saturated carbocycles. The van der Waals surface area contributed by atoms with Crippen LogP contribution in [0, 0.1) is 0 Å². The highest BCUT2D eigenvalue weighted by molar-refractivity contribution is 4.93. The van der Waals surface area contributed by atoms with Gasteiger partial charge in [0.05, 0.1) is 13.2 Å². The summed E-state index contributed by atoms with van der Waals surface area (Å²) in [5.41, 5.74) is 0. The van der Waals surface area contributed by atoms with Crippen LogP contribution in [0.25, 0.3) is 0 Å². The van der Waals surface area contributed by atoms with E-state index in [-0.39, 0.29) is 0 Å². The molecule has 0 aliphatic carbocycles. The Hall–Kier alpha value is -0.240. The zero-order valence-electron chi connectivity index (χ0n) is 6.95. The van der Waals surface area contributed by atoms with E-state index in [1.807, 2.05) is 0 Å². The van der Waals surface area contributed by atoms with Crippen LogP contribution >= 0.6 is 0 Å². The topological polar surface area (TPSA) is 110 Å². The summed E-state index contributed by atoms with van der Waals surface area (Å²) in [5.74, 6) is 0. The standard InChI is InChI=1S/C7H14O6/c8-1-3(10)7-6(12)5(11)4(2-9)13-7/h3-12H,1-2H2/t3-,4?,5-,6+,7-/m1/s1. The van der Waals surface area contributed by atoms with Crippen molar-refractivity contribution in [2.45, 2.75) is 30.5 Å². The molecule has 1 saturated heterocycles. The van der Waals surface area contributed by atoms with Crippen molar-refractivity contribution in [2.75, 3.05) is 13.2 Å². The molecule has 1 fully saturated rings. The van der Waals surface area contributed by atoms with Crippen LogP contribution < -0.4 is 0 Å². The molecule has 6 heteroatoms. The first-order valence-electron chi connectivity index (χ1n) is 4.03. The third-order valence-corrected chi connectivity index (χ3v) is 2.15. The summed E-state index contributed by atoms with van der Waals surface area (Å²) in [7, 11) is 0. The number of hydrogen-bond acceptors (Lipinski definition) is 6. The van der Waals surface area contributed by atoms with Gasteiger partial charge in [0, 0.05) is 0 Å². The molecule has 0 spiro atoms. The fourth-order valence-electron chi connectivity index (χ4n) is 1.35. The lowest BCUT2D eigenvalue weighted by molar-refractivity contribution is -0.0884. The quantitative estimate of drug-likeness (QED) is 0.324. The maximum Gasteiger partial charge on any atom is 0.115 e. The lowest BCUT2D eigenvalue weighted by Gasteiger charge is -2.18. The molecule has 0 aromatic heterocycles. The second-order valence-electron chi connectivity index (χ2n) is 3.05. The molecule has 1 aliphatic rings. The van der Waals surface area contributed by atoms with Gasteiger partial charge in [-0.1, -0.05) is 0 Å². The molecular weight excluding hydrogens is 180 g/mol. The molecule has 6 nitrogen and oxygen atoms in total. The molecule has 1 heterocycles.